The van der Waals surface area contributed by atoms with E-state index in [1.54, 1.807) is 11.3 Å². The molecule has 0 aliphatic carbocycles. The van der Waals surface area contributed by atoms with Crippen molar-refractivity contribution in [1.29, 1.82) is 0 Å². The molecule has 0 bridgehead atoms. The van der Waals surface area contributed by atoms with Crippen molar-refractivity contribution in [3.05, 3.63) is 11.1 Å². The maximum absolute atomic E-state index is 12.4. The standard InChI is InChI=1S/C13H19N3O3S/c1-10-8-14-13(20-10)16-4-7-19-11(9-16)12(17)15-2-5-18-6-3-15/h8,11H,2-7,9H2,1H3. The van der Waals surface area contributed by atoms with Gasteiger partial charge >= 0.3 is 0 Å². The molecule has 1 unspecified atom stereocenters. The van der Waals surface area contributed by atoms with Gasteiger partial charge in [-0.1, -0.05) is 0 Å². The predicted molar refractivity (Wildman–Crippen MR) is 76.2 cm³/mol. The molecule has 1 aromatic rings. The normalized spacial score (nSPS) is 23.9. The van der Waals surface area contributed by atoms with E-state index >= 15 is 0 Å². The number of aryl methyl sites for hydroxylation is 1. The lowest BCUT2D eigenvalue weighted by Gasteiger charge is -2.36. The van der Waals surface area contributed by atoms with E-state index in [1.807, 2.05) is 18.0 Å². The molecule has 2 saturated heterocycles. The zero-order valence-corrected chi connectivity index (χ0v) is 12.4. The Morgan fingerprint density at radius 1 is 1.35 bits per heavy atom. The minimum absolute atomic E-state index is 0.0753. The van der Waals surface area contributed by atoms with E-state index in [0.717, 1.165) is 11.7 Å². The van der Waals surface area contributed by atoms with Gasteiger partial charge < -0.3 is 19.3 Å². The molecule has 0 N–H and O–H groups in total. The highest BCUT2D eigenvalue weighted by molar-refractivity contribution is 7.15. The minimum Gasteiger partial charge on any atom is -0.378 e. The monoisotopic (exact) mass is 297 g/mol. The Hall–Kier alpha value is -1.18. The Morgan fingerprint density at radius 3 is 2.85 bits per heavy atom. The highest BCUT2D eigenvalue weighted by atomic mass is 32.1. The van der Waals surface area contributed by atoms with Crippen molar-refractivity contribution in [3.8, 4) is 0 Å². The maximum atomic E-state index is 12.4. The number of carbonyl (C=O) groups excluding carboxylic acids is 1. The van der Waals surface area contributed by atoms with Crippen LogP contribution in [0.1, 0.15) is 4.88 Å². The number of hydrogen-bond acceptors (Lipinski definition) is 6. The molecule has 2 fully saturated rings. The second-order valence-electron chi connectivity index (χ2n) is 5.00. The number of amides is 1. The number of morpholine rings is 2. The fraction of sp³-hybridized carbons (Fsp3) is 0.692. The maximum Gasteiger partial charge on any atom is 0.253 e. The molecule has 110 valence electrons. The van der Waals surface area contributed by atoms with Gasteiger partial charge in [-0.3, -0.25) is 4.79 Å². The summed E-state index contributed by atoms with van der Waals surface area (Å²) in [5, 5.41) is 0.977. The summed E-state index contributed by atoms with van der Waals surface area (Å²) in [4.78, 5) is 22.0. The van der Waals surface area contributed by atoms with Gasteiger partial charge in [0.2, 0.25) is 0 Å². The van der Waals surface area contributed by atoms with Gasteiger partial charge in [0.15, 0.2) is 11.2 Å². The Balaban J connectivity index is 1.63. The molecule has 0 saturated carbocycles. The van der Waals surface area contributed by atoms with E-state index in [9.17, 15) is 4.79 Å². The first-order valence-electron chi connectivity index (χ1n) is 6.89. The SMILES string of the molecule is Cc1cnc(N2CCOC(C(=O)N3CCOCC3)C2)s1. The molecule has 2 aliphatic heterocycles. The highest BCUT2D eigenvalue weighted by Gasteiger charge is 2.31. The van der Waals surface area contributed by atoms with Gasteiger partial charge in [0.1, 0.15) is 0 Å². The van der Waals surface area contributed by atoms with Crippen LogP contribution in [0.15, 0.2) is 6.20 Å². The summed E-state index contributed by atoms with van der Waals surface area (Å²) < 4.78 is 10.9. The van der Waals surface area contributed by atoms with Gasteiger partial charge in [-0.05, 0) is 6.92 Å². The quantitative estimate of drug-likeness (QED) is 0.796. The first-order chi connectivity index (χ1) is 9.74. The Bertz CT molecular complexity index is 473. The van der Waals surface area contributed by atoms with Gasteiger partial charge in [0, 0.05) is 30.7 Å². The van der Waals surface area contributed by atoms with Gasteiger partial charge in [0.25, 0.3) is 5.91 Å². The number of ether oxygens (including phenoxy) is 2. The summed E-state index contributed by atoms with van der Waals surface area (Å²) in [6, 6.07) is 0. The lowest BCUT2D eigenvalue weighted by molar-refractivity contribution is -0.148. The Morgan fingerprint density at radius 2 is 2.15 bits per heavy atom. The smallest absolute Gasteiger partial charge is 0.253 e. The largest absolute Gasteiger partial charge is 0.378 e. The van der Waals surface area contributed by atoms with E-state index in [0.29, 0.717) is 39.5 Å². The van der Waals surface area contributed by atoms with Crippen LogP contribution in [-0.2, 0) is 14.3 Å². The van der Waals surface area contributed by atoms with Crippen LogP contribution >= 0.6 is 11.3 Å². The van der Waals surface area contributed by atoms with Crippen LogP contribution < -0.4 is 4.90 Å². The van der Waals surface area contributed by atoms with Crippen molar-refractivity contribution in [2.45, 2.75) is 13.0 Å². The molecule has 20 heavy (non-hydrogen) atoms. The first kappa shape index (κ1) is 13.8. The van der Waals surface area contributed by atoms with Crippen molar-refractivity contribution in [2.75, 3.05) is 50.9 Å². The molecule has 1 amide bonds. The molecule has 1 atom stereocenters. The van der Waals surface area contributed by atoms with E-state index in [4.69, 9.17) is 9.47 Å². The number of aromatic nitrogens is 1. The van der Waals surface area contributed by atoms with E-state index in [-0.39, 0.29) is 12.0 Å². The van der Waals surface area contributed by atoms with Crippen LogP contribution in [0.3, 0.4) is 0 Å². The average Bonchev–Trinajstić information content (AvgIpc) is 2.94. The van der Waals surface area contributed by atoms with Crippen LogP contribution in [0.4, 0.5) is 5.13 Å². The summed E-state index contributed by atoms with van der Waals surface area (Å²) in [6.45, 7) is 6.55. The topological polar surface area (TPSA) is 54.9 Å². The van der Waals surface area contributed by atoms with Gasteiger partial charge in [0.05, 0.1) is 26.4 Å². The molecule has 0 spiro atoms. The van der Waals surface area contributed by atoms with Crippen molar-refractivity contribution >= 4 is 22.4 Å². The molecule has 0 radical (unpaired) electrons. The van der Waals surface area contributed by atoms with Crippen molar-refractivity contribution in [3.63, 3.8) is 0 Å². The summed E-state index contributed by atoms with van der Waals surface area (Å²) in [5.41, 5.74) is 0. The third-order valence-corrected chi connectivity index (χ3v) is 4.52. The van der Waals surface area contributed by atoms with Crippen LogP contribution in [0.25, 0.3) is 0 Å². The number of carbonyl (C=O) groups is 1. The third kappa shape index (κ3) is 2.94. The van der Waals surface area contributed by atoms with E-state index < -0.39 is 0 Å². The average molecular weight is 297 g/mol. The zero-order valence-electron chi connectivity index (χ0n) is 11.6. The summed E-state index contributed by atoms with van der Waals surface area (Å²) >= 11 is 1.66. The number of nitrogens with zero attached hydrogens (tertiary/aromatic N) is 3. The van der Waals surface area contributed by atoms with Gasteiger partial charge in [-0.2, -0.15) is 0 Å². The summed E-state index contributed by atoms with van der Waals surface area (Å²) in [6.07, 6.45) is 1.49. The number of thiazole rings is 1. The number of hydrogen-bond donors (Lipinski definition) is 0. The zero-order chi connectivity index (χ0) is 13.9. The highest BCUT2D eigenvalue weighted by Crippen LogP contribution is 2.24. The van der Waals surface area contributed by atoms with Gasteiger partial charge in [-0.25, -0.2) is 4.98 Å². The number of anilines is 1. The third-order valence-electron chi connectivity index (χ3n) is 3.54. The predicted octanol–water partition coefficient (Wildman–Crippen LogP) is 0.516. The fourth-order valence-electron chi connectivity index (χ4n) is 2.45. The summed E-state index contributed by atoms with van der Waals surface area (Å²) in [7, 11) is 0. The van der Waals surface area contributed by atoms with Crippen molar-refractivity contribution in [1.82, 2.24) is 9.88 Å². The van der Waals surface area contributed by atoms with E-state index in [1.165, 1.54) is 4.88 Å². The van der Waals surface area contributed by atoms with Crippen molar-refractivity contribution in [2.24, 2.45) is 0 Å². The number of rotatable bonds is 2. The molecule has 3 heterocycles. The van der Waals surface area contributed by atoms with Crippen molar-refractivity contribution < 1.29 is 14.3 Å². The van der Waals surface area contributed by atoms with Crippen LogP contribution in [0.2, 0.25) is 0 Å². The molecule has 2 aliphatic rings. The molecule has 6 nitrogen and oxygen atoms in total. The van der Waals surface area contributed by atoms with Crippen LogP contribution in [0, 0.1) is 6.92 Å². The van der Waals surface area contributed by atoms with Crippen LogP contribution in [0.5, 0.6) is 0 Å². The minimum atomic E-state index is -0.383. The second-order valence-corrected chi connectivity index (χ2v) is 6.21. The molecule has 3 rings (SSSR count). The molecular weight excluding hydrogens is 278 g/mol. The van der Waals surface area contributed by atoms with Crippen LogP contribution in [-0.4, -0.2) is 67.9 Å². The Labute approximate surface area is 122 Å². The van der Waals surface area contributed by atoms with Gasteiger partial charge in [-0.15, -0.1) is 11.3 Å². The van der Waals surface area contributed by atoms with E-state index in [2.05, 4.69) is 9.88 Å². The lowest BCUT2D eigenvalue weighted by atomic mass is 10.2. The molecular formula is C13H19N3O3S. The molecule has 1 aromatic heterocycles. The summed E-state index contributed by atoms with van der Waals surface area (Å²) in [5.74, 6) is 0.0753. The molecule has 7 heteroatoms. The first-order valence-corrected chi connectivity index (χ1v) is 7.71. The second kappa shape index (κ2) is 6.07. The fourth-order valence-corrected chi connectivity index (χ4v) is 3.24. The lowest BCUT2D eigenvalue weighted by Crippen LogP contribution is -2.53. The Kier molecular flexibility index (Phi) is 4.18. The molecule has 0 aromatic carbocycles.